The zero-order valence-electron chi connectivity index (χ0n) is 11.2. The molecule has 3 N–H and O–H groups in total. The number of benzene rings is 1. The highest BCUT2D eigenvalue weighted by atomic mass is 19.1. The number of hydrogen-bond acceptors (Lipinski definition) is 2. The molecule has 19 heavy (non-hydrogen) atoms. The van der Waals surface area contributed by atoms with E-state index in [4.69, 9.17) is 5.11 Å². The molecule has 0 heterocycles. The van der Waals surface area contributed by atoms with Crippen LogP contribution in [0.15, 0.2) is 18.2 Å². The molecule has 0 bridgehead atoms. The summed E-state index contributed by atoms with van der Waals surface area (Å²) in [6.45, 7) is 5.22. The summed E-state index contributed by atoms with van der Waals surface area (Å²) in [5, 5.41) is 14.0. The van der Waals surface area contributed by atoms with Gasteiger partial charge < -0.3 is 15.7 Å². The number of halogens is 1. The van der Waals surface area contributed by atoms with Crippen LogP contribution in [-0.4, -0.2) is 23.3 Å². The average molecular weight is 264 g/mol. The molecule has 0 unspecified atom stereocenters. The van der Waals surface area contributed by atoms with Gasteiger partial charge in [-0.2, -0.15) is 0 Å². The summed E-state index contributed by atoms with van der Waals surface area (Å²) in [6.07, 6.45) is 0. The maximum absolute atomic E-state index is 13.1. The molecule has 5 heteroatoms. The van der Waals surface area contributed by atoms with E-state index in [2.05, 4.69) is 22.5 Å². The molecular weight excluding hydrogens is 247 g/mol. The van der Waals surface area contributed by atoms with Crippen molar-refractivity contribution in [3.63, 3.8) is 0 Å². The zero-order valence-corrected chi connectivity index (χ0v) is 11.2. The van der Waals surface area contributed by atoms with Crippen molar-refractivity contribution in [2.45, 2.75) is 26.3 Å². The fourth-order valence-corrected chi connectivity index (χ4v) is 1.36. The molecule has 0 fully saturated rings. The standard InChI is InChI=1S/C14H17FN2O2/c1-14(2,3)17-13(19)16-12-7-6-11(15)9-10(12)5-4-8-18/h6-7,9,18H,8H2,1-3H3,(H2,16,17,19). The summed E-state index contributed by atoms with van der Waals surface area (Å²) < 4.78 is 13.1. The summed E-state index contributed by atoms with van der Waals surface area (Å²) in [7, 11) is 0. The van der Waals surface area contributed by atoms with Crippen molar-refractivity contribution in [2.24, 2.45) is 0 Å². The highest BCUT2D eigenvalue weighted by molar-refractivity contribution is 5.91. The van der Waals surface area contributed by atoms with Crippen LogP contribution in [0.3, 0.4) is 0 Å². The predicted octanol–water partition coefficient (Wildman–Crippen LogP) is 2.09. The number of rotatable bonds is 1. The van der Waals surface area contributed by atoms with Crippen molar-refractivity contribution in [1.29, 1.82) is 0 Å². The Morgan fingerprint density at radius 2 is 2.11 bits per heavy atom. The molecule has 0 saturated heterocycles. The number of amides is 2. The van der Waals surface area contributed by atoms with Crippen LogP contribution in [-0.2, 0) is 0 Å². The lowest BCUT2D eigenvalue weighted by molar-refractivity contribution is 0.244. The lowest BCUT2D eigenvalue weighted by Gasteiger charge is -2.21. The second-order valence-electron chi connectivity index (χ2n) is 4.98. The second kappa shape index (κ2) is 6.21. The third-order valence-corrected chi connectivity index (χ3v) is 2.02. The molecule has 0 aliphatic carbocycles. The van der Waals surface area contributed by atoms with Gasteiger partial charge in [0.1, 0.15) is 12.4 Å². The smallest absolute Gasteiger partial charge is 0.319 e. The maximum Gasteiger partial charge on any atom is 0.319 e. The third-order valence-electron chi connectivity index (χ3n) is 2.02. The van der Waals surface area contributed by atoms with Crippen LogP contribution in [0.2, 0.25) is 0 Å². The lowest BCUT2D eigenvalue weighted by Crippen LogP contribution is -2.43. The van der Waals surface area contributed by atoms with E-state index in [-0.39, 0.29) is 12.1 Å². The fraction of sp³-hybridized carbons (Fsp3) is 0.357. The predicted molar refractivity (Wildman–Crippen MR) is 72.3 cm³/mol. The summed E-state index contributed by atoms with van der Waals surface area (Å²) >= 11 is 0. The van der Waals surface area contributed by atoms with Gasteiger partial charge in [-0.05, 0) is 39.0 Å². The van der Waals surface area contributed by atoms with Gasteiger partial charge >= 0.3 is 6.03 Å². The number of carbonyl (C=O) groups is 1. The van der Waals surface area contributed by atoms with E-state index in [1.807, 2.05) is 20.8 Å². The Balaban J connectivity index is 2.91. The third kappa shape index (κ3) is 5.40. The van der Waals surface area contributed by atoms with Gasteiger partial charge in [0.05, 0.1) is 11.3 Å². The summed E-state index contributed by atoms with van der Waals surface area (Å²) in [6, 6.07) is 3.47. The minimum absolute atomic E-state index is 0.318. The first-order chi connectivity index (χ1) is 8.81. The Morgan fingerprint density at radius 3 is 2.68 bits per heavy atom. The number of hydrogen-bond donors (Lipinski definition) is 3. The van der Waals surface area contributed by atoms with Crippen molar-refractivity contribution < 1.29 is 14.3 Å². The highest BCUT2D eigenvalue weighted by Crippen LogP contribution is 2.16. The minimum Gasteiger partial charge on any atom is -0.384 e. The van der Waals surface area contributed by atoms with Crippen molar-refractivity contribution in [2.75, 3.05) is 11.9 Å². The Morgan fingerprint density at radius 1 is 1.42 bits per heavy atom. The van der Waals surface area contributed by atoms with E-state index in [1.165, 1.54) is 18.2 Å². The van der Waals surface area contributed by atoms with Crippen molar-refractivity contribution in [3.8, 4) is 11.8 Å². The van der Waals surface area contributed by atoms with E-state index in [0.29, 0.717) is 11.3 Å². The molecule has 0 aromatic heterocycles. The lowest BCUT2D eigenvalue weighted by atomic mass is 10.1. The number of nitrogens with one attached hydrogen (secondary N) is 2. The Kier molecular flexibility index (Phi) is 4.90. The number of aliphatic hydroxyl groups excluding tert-OH is 1. The molecule has 0 saturated carbocycles. The number of urea groups is 1. The molecule has 0 aliphatic rings. The topological polar surface area (TPSA) is 61.4 Å². The maximum atomic E-state index is 13.1. The molecule has 0 spiro atoms. The van der Waals surface area contributed by atoms with Crippen molar-refractivity contribution in [1.82, 2.24) is 5.32 Å². The highest BCUT2D eigenvalue weighted by Gasteiger charge is 2.14. The minimum atomic E-state index is -0.455. The Hall–Kier alpha value is -2.06. The first kappa shape index (κ1) is 15.0. The molecule has 102 valence electrons. The fourth-order valence-electron chi connectivity index (χ4n) is 1.36. The van der Waals surface area contributed by atoms with Gasteiger partial charge in [0.25, 0.3) is 0 Å². The molecule has 2 amide bonds. The van der Waals surface area contributed by atoms with Gasteiger partial charge in [-0.1, -0.05) is 11.8 Å². The average Bonchev–Trinajstić information content (AvgIpc) is 2.27. The van der Waals surface area contributed by atoms with Gasteiger partial charge in [-0.15, -0.1) is 0 Å². The van der Waals surface area contributed by atoms with Crippen LogP contribution in [0.4, 0.5) is 14.9 Å². The first-order valence-corrected chi connectivity index (χ1v) is 5.80. The van der Waals surface area contributed by atoms with Gasteiger partial charge in [0.2, 0.25) is 0 Å². The van der Waals surface area contributed by atoms with Gasteiger partial charge in [0.15, 0.2) is 0 Å². The number of aliphatic hydroxyl groups is 1. The van der Waals surface area contributed by atoms with Gasteiger partial charge in [-0.3, -0.25) is 0 Å². The molecular formula is C14H17FN2O2. The molecule has 4 nitrogen and oxygen atoms in total. The number of carbonyl (C=O) groups excluding carboxylic acids is 1. The van der Waals surface area contributed by atoms with Crippen molar-refractivity contribution >= 4 is 11.7 Å². The van der Waals surface area contributed by atoms with E-state index >= 15 is 0 Å². The molecule has 0 radical (unpaired) electrons. The largest absolute Gasteiger partial charge is 0.384 e. The van der Waals surface area contributed by atoms with Crippen LogP contribution in [0.25, 0.3) is 0 Å². The van der Waals surface area contributed by atoms with Gasteiger partial charge in [-0.25, -0.2) is 9.18 Å². The quantitative estimate of drug-likeness (QED) is 0.680. The van der Waals surface area contributed by atoms with E-state index < -0.39 is 11.8 Å². The summed E-state index contributed by atoms with van der Waals surface area (Å²) in [4.78, 5) is 11.7. The molecule has 1 aromatic carbocycles. The van der Waals surface area contributed by atoms with E-state index in [1.54, 1.807) is 0 Å². The van der Waals surface area contributed by atoms with Crippen LogP contribution in [0.1, 0.15) is 26.3 Å². The van der Waals surface area contributed by atoms with E-state index in [0.717, 1.165) is 0 Å². The summed E-state index contributed by atoms with van der Waals surface area (Å²) in [5.41, 5.74) is 0.336. The molecule has 1 rings (SSSR count). The van der Waals surface area contributed by atoms with Gasteiger partial charge in [0, 0.05) is 5.54 Å². The normalized spacial score (nSPS) is 10.4. The van der Waals surface area contributed by atoms with Crippen molar-refractivity contribution in [3.05, 3.63) is 29.6 Å². The monoisotopic (exact) mass is 264 g/mol. The molecule has 0 aliphatic heterocycles. The van der Waals surface area contributed by atoms with Crippen LogP contribution in [0.5, 0.6) is 0 Å². The molecule has 0 atom stereocenters. The SMILES string of the molecule is CC(C)(C)NC(=O)Nc1ccc(F)cc1C#CCO. The van der Waals surface area contributed by atoms with Crippen LogP contribution >= 0.6 is 0 Å². The van der Waals surface area contributed by atoms with Crippen LogP contribution in [0, 0.1) is 17.7 Å². The number of anilines is 1. The molecule has 1 aromatic rings. The Bertz CT molecular complexity index is 524. The Labute approximate surface area is 112 Å². The van der Waals surface area contributed by atoms with Crippen LogP contribution < -0.4 is 10.6 Å². The zero-order chi connectivity index (χ0) is 14.5. The second-order valence-corrected chi connectivity index (χ2v) is 4.98. The first-order valence-electron chi connectivity index (χ1n) is 5.80. The van der Waals surface area contributed by atoms with E-state index in [9.17, 15) is 9.18 Å². The summed E-state index contributed by atoms with van der Waals surface area (Å²) in [5.74, 6) is 4.56.